The number of carbonyl (C=O) groups is 1. The van der Waals surface area contributed by atoms with Crippen LogP contribution in [0.5, 0.6) is 0 Å². The molecule has 1 heterocycles. The summed E-state index contributed by atoms with van der Waals surface area (Å²) in [5.41, 5.74) is 0.562. The van der Waals surface area contributed by atoms with E-state index in [1.165, 1.54) is 12.0 Å². The zero-order chi connectivity index (χ0) is 20.4. The highest BCUT2D eigenvalue weighted by molar-refractivity contribution is 5.79. The molecule has 5 heteroatoms. The molecule has 1 fully saturated rings. The minimum Gasteiger partial charge on any atom is -0.389 e. The molecule has 1 unspecified atom stereocenters. The monoisotopic (exact) mass is 392 g/mol. The zero-order valence-corrected chi connectivity index (χ0v) is 18.1. The topological polar surface area (TPSA) is 61.8 Å². The average Bonchev–Trinajstić information content (AvgIpc) is 2.68. The summed E-state index contributed by atoms with van der Waals surface area (Å²) < 4.78 is 5.47. The summed E-state index contributed by atoms with van der Waals surface area (Å²) in [5.74, 6) is 0.584. The number of hydrogen-bond acceptors (Lipinski definition) is 4. The van der Waals surface area contributed by atoms with Crippen molar-refractivity contribution >= 4 is 5.91 Å². The van der Waals surface area contributed by atoms with E-state index in [0.717, 1.165) is 44.9 Å². The van der Waals surface area contributed by atoms with Crippen molar-refractivity contribution in [2.24, 2.45) is 5.92 Å². The molecule has 0 spiro atoms. The van der Waals surface area contributed by atoms with Gasteiger partial charge >= 0.3 is 0 Å². The van der Waals surface area contributed by atoms with Gasteiger partial charge in [0.2, 0.25) is 5.91 Å². The summed E-state index contributed by atoms with van der Waals surface area (Å²) in [4.78, 5) is 15.0. The number of hydrogen-bond donors (Lipinski definition) is 2. The van der Waals surface area contributed by atoms with E-state index in [0.29, 0.717) is 25.6 Å². The Morgan fingerprint density at radius 3 is 2.75 bits per heavy atom. The number of ether oxygens (including phenoxy) is 1. The largest absolute Gasteiger partial charge is 0.389 e. The third-order valence-electron chi connectivity index (χ3n) is 6.23. The lowest BCUT2D eigenvalue weighted by molar-refractivity contribution is -0.133. The second-order valence-electron chi connectivity index (χ2n) is 8.52. The van der Waals surface area contributed by atoms with Crippen LogP contribution in [-0.4, -0.2) is 60.9 Å². The van der Waals surface area contributed by atoms with E-state index in [-0.39, 0.29) is 18.5 Å². The molecule has 5 nitrogen and oxygen atoms in total. The fourth-order valence-electron chi connectivity index (χ4n) is 4.41. The van der Waals surface area contributed by atoms with Gasteiger partial charge in [0.05, 0.1) is 24.8 Å². The van der Waals surface area contributed by atoms with Gasteiger partial charge in [-0.25, -0.2) is 0 Å². The molecular formula is C23H40N2O3. The molecule has 1 amide bonds. The van der Waals surface area contributed by atoms with E-state index in [2.05, 4.69) is 37.4 Å². The predicted octanol–water partition coefficient (Wildman–Crippen LogP) is 3.44. The number of nitrogens with zero attached hydrogens (tertiary/aromatic N) is 1. The van der Waals surface area contributed by atoms with Gasteiger partial charge in [-0.1, -0.05) is 50.0 Å². The van der Waals surface area contributed by atoms with Crippen LogP contribution < -0.4 is 5.32 Å². The van der Waals surface area contributed by atoms with Gasteiger partial charge in [-0.2, -0.15) is 0 Å². The molecule has 0 radical (unpaired) electrons. The summed E-state index contributed by atoms with van der Waals surface area (Å²) in [5, 5.41) is 13.9. The molecule has 160 valence electrons. The molecule has 0 aromatic heterocycles. The Bertz CT molecular complexity index is 538. The van der Waals surface area contributed by atoms with Gasteiger partial charge in [0.15, 0.2) is 0 Å². The van der Waals surface area contributed by atoms with Crippen molar-refractivity contribution < 1.29 is 14.6 Å². The van der Waals surface area contributed by atoms with Gasteiger partial charge in [-0.05, 0) is 44.9 Å². The molecule has 1 aliphatic carbocycles. The zero-order valence-electron chi connectivity index (χ0n) is 18.1. The van der Waals surface area contributed by atoms with E-state index in [9.17, 15) is 9.90 Å². The van der Waals surface area contributed by atoms with Gasteiger partial charge in [-0.3, -0.25) is 4.79 Å². The van der Waals surface area contributed by atoms with E-state index in [1.54, 1.807) is 7.11 Å². The normalized spacial score (nSPS) is 29.0. The maximum Gasteiger partial charge on any atom is 0.237 e. The Kier molecular flexibility index (Phi) is 9.69. The van der Waals surface area contributed by atoms with Crippen LogP contribution in [0.25, 0.3) is 0 Å². The molecule has 0 aromatic rings. The fourth-order valence-corrected chi connectivity index (χ4v) is 4.41. The van der Waals surface area contributed by atoms with E-state index >= 15 is 0 Å². The SMILES string of the molecule is CCC1/C=C(\C)[C@@H](COC)N(C(=O)CNCC2(O)CCCCC2)CC/C=C/C1. The van der Waals surface area contributed by atoms with Crippen molar-refractivity contribution in [1.29, 1.82) is 0 Å². The minimum atomic E-state index is -0.650. The molecule has 0 aromatic carbocycles. The lowest BCUT2D eigenvalue weighted by Crippen LogP contribution is -2.50. The highest BCUT2D eigenvalue weighted by Crippen LogP contribution is 2.27. The quantitative estimate of drug-likeness (QED) is 0.652. The number of nitrogens with one attached hydrogen (secondary N) is 1. The van der Waals surface area contributed by atoms with Crippen LogP contribution in [0, 0.1) is 5.92 Å². The highest BCUT2D eigenvalue weighted by atomic mass is 16.5. The second-order valence-corrected chi connectivity index (χ2v) is 8.52. The molecule has 2 atom stereocenters. The Balaban J connectivity index is 2.03. The molecule has 0 bridgehead atoms. The van der Waals surface area contributed by atoms with Crippen molar-refractivity contribution in [3.8, 4) is 0 Å². The molecule has 2 rings (SSSR count). The molecule has 0 saturated heterocycles. The number of carbonyl (C=O) groups excluding carboxylic acids is 1. The second kappa shape index (κ2) is 11.7. The standard InChI is InChI=1S/C23H40N2O3/c1-4-20-11-7-5-10-14-25(21(17-28-3)19(2)15-20)22(26)16-24-18-23(27)12-8-6-9-13-23/h5,7,15,20-21,24,27H,4,6,8-14,16-18H2,1-3H3/b7-5+,19-15+/t20?,21-/m1/s1. The van der Waals surface area contributed by atoms with Gasteiger partial charge in [-0.15, -0.1) is 0 Å². The number of amides is 1. The van der Waals surface area contributed by atoms with Crippen LogP contribution >= 0.6 is 0 Å². The van der Waals surface area contributed by atoms with Crippen molar-refractivity contribution in [3.63, 3.8) is 0 Å². The van der Waals surface area contributed by atoms with E-state index in [4.69, 9.17) is 4.74 Å². The summed E-state index contributed by atoms with van der Waals surface area (Å²) in [7, 11) is 1.70. The van der Waals surface area contributed by atoms with Crippen LogP contribution in [0.1, 0.15) is 65.2 Å². The first kappa shape index (κ1) is 23.1. The lowest BCUT2D eigenvalue weighted by atomic mass is 9.85. The summed E-state index contributed by atoms with van der Waals surface area (Å²) in [6.07, 6.45) is 14.8. The van der Waals surface area contributed by atoms with Gasteiger partial charge in [0.1, 0.15) is 0 Å². The Morgan fingerprint density at radius 2 is 2.07 bits per heavy atom. The third-order valence-corrected chi connectivity index (χ3v) is 6.23. The fraction of sp³-hybridized carbons (Fsp3) is 0.783. The highest BCUT2D eigenvalue weighted by Gasteiger charge is 2.30. The number of rotatable bonds is 7. The van der Waals surface area contributed by atoms with Crippen LogP contribution in [0.4, 0.5) is 0 Å². The first-order chi connectivity index (χ1) is 13.5. The molecule has 2 N–H and O–H groups in total. The van der Waals surface area contributed by atoms with Crippen LogP contribution in [0.2, 0.25) is 0 Å². The average molecular weight is 393 g/mol. The smallest absolute Gasteiger partial charge is 0.237 e. The maximum atomic E-state index is 13.1. The van der Waals surface area contributed by atoms with E-state index < -0.39 is 5.60 Å². The first-order valence-corrected chi connectivity index (χ1v) is 11.0. The van der Waals surface area contributed by atoms with Crippen molar-refractivity contribution in [1.82, 2.24) is 10.2 Å². The summed E-state index contributed by atoms with van der Waals surface area (Å²) in [6.45, 7) is 6.29. The van der Waals surface area contributed by atoms with Crippen molar-refractivity contribution in [3.05, 3.63) is 23.8 Å². The van der Waals surface area contributed by atoms with Gasteiger partial charge in [0.25, 0.3) is 0 Å². The van der Waals surface area contributed by atoms with Crippen LogP contribution in [0.3, 0.4) is 0 Å². The van der Waals surface area contributed by atoms with Crippen LogP contribution in [0.15, 0.2) is 23.8 Å². The predicted molar refractivity (Wildman–Crippen MR) is 114 cm³/mol. The minimum absolute atomic E-state index is 0.0300. The number of methoxy groups -OCH3 is 1. The Hall–Kier alpha value is -1.17. The molecule has 2 aliphatic rings. The Labute approximate surface area is 171 Å². The van der Waals surface area contributed by atoms with Gasteiger partial charge < -0.3 is 20.1 Å². The van der Waals surface area contributed by atoms with E-state index in [1.807, 2.05) is 4.90 Å². The maximum absolute atomic E-state index is 13.1. The van der Waals surface area contributed by atoms with Crippen LogP contribution in [-0.2, 0) is 9.53 Å². The Morgan fingerprint density at radius 1 is 1.32 bits per heavy atom. The first-order valence-electron chi connectivity index (χ1n) is 11.0. The molecule has 28 heavy (non-hydrogen) atoms. The summed E-state index contributed by atoms with van der Waals surface area (Å²) >= 11 is 0. The van der Waals surface area contributed by atoms with Crippen molar-refractivity contribution in [2.75, 3.05) is 33.4 Å². The molecule has 1 aliphatic heterocycles. The van der Waals surface area contributed by atoms with Gasteiger partial charge in [0, 0.05) is 20.2 Å². The van der Waals surface area contributed by atoms with Crippen molar-refractivity contribution in [2.45, 2.75) is 76.9 Å². The number of allylic oxidation sites excluding steroid dienone is 2. The lowest BCUT2D eigenvalue weighted by Gasteiger charge is -2.35. The third kappa shape index (κ3) is 7.02. The number of aliphatic hydroxyl groups is 1. The molecular weight excluding hydrogens is 352 g/mol. The summed E-state index contributed by atoms with van der Waals surface area (Å²) in [6, 6.07) is -0.0300. The molecule has 1 saturated carbocycles.